The van der Waals surface area contributed by atoms with Gasteiger partial charge >= 0.3 is 0 Å². The minimum atomic E-state index is -0.520. The van der Waals surface area contributed by atoms with E-state index in [9.17, 15) is 9.59 Å². The number of piperidine rings is 1. The van der Waals surface area contributed by atoms with Crippen LogP contribution in [0.3, 0.4) is 0 Å². The molecular weight excluding hydrogens is 362 g/mol. The Morgan fingerprint density at radius 2 is 1.89 bits per heavy atom. The van der Waals surface area contributed by atoms with Gasteiger partial charge in [0.1, 0.15) is 11.4 Å². The Bertz CT molecular complexity index is 929. The van der Waals surface area contributed by atoms with Crippen LogP contribution in [0.2, 0.25) is 5.02 Å². The van der Waals surface area contributed by atoms with Gasteiger partial charge in [-0.1, -0.05) is 29.3 Å². The number of fused-ring (bicyclic) bond motifs is 1. The highest BCUT2D eigenvalue weighted by molar-refractivity contribution is 6.31. The molecule has 0 saturated carbocycles. The number of ketones is 1. The van der Waals surface area contributed by atoms with Crippen LogP contribution < -0.4 is 4.74 Å². The van der Waals surface area contributed by atoms with E-state index < -0.39 is 5.60 Å². The van der Waals surface area contributed by atoms with E-state index in [4.69, 9.17) is 16.3 Å². The molecule has 0 atom stereocenters. The summed E-state index contributed by atoms with van der Waals surface area (Å²) < 4.78 is 6.30. The first-order valence-electron chi connectivity index (χ1n) is 9.25. The molecule has 2 aromatic carbocycles. The number of hydrogen-bond donors (Lipinski definition) is 0. The fraction of sp³-hybridized carbons (Fsp3) is 0.364. The van der Waals surface area contributed by atoms with Crippen molar-refractivity contribution in [1.29, 1.82) is 0 Å². The minimum Gasteiger partial charge on any atom is -0.486 e. The Balaban J connectivity index is 1.51. The fourth-order valence-corrected chi connectivity index (χ4v) is 4.14. The molecule has 0 N–H and O–H groups in total. The van der Waals surface area contributed by atoms with Gasteiger partial charge in [0, 0.05) is 36.5 Å². The van der Waals surface area contributed by atoms with Crippen LogP contribution >= 0.6 is 11.6 Å². The SMILES string of the molecule is Cc1cccc(C(=O)N2CCC3(CC2)CC(=O)c2cc(Cl)c(C)cc2O3)c1. The number of halogens is 1. The van der Waals surface area contributed by atoms with Crippen LogP contribution in [0.25, 0.3) is 0 Å². The van der Waals surface area contributed by atoms with E-state index in [2.05, 4.69) is 0 Å². The number of amides is 1. The zero-order chi connectivity index (χ0) is 19.2. The van der Waals surface area contributed by atoms with Gasteiger partial charge in [0.2, 0.25) is 0 Å². The number of hydrogen-bond acceptors (Lipinski definition) is 3. The van der Waals surface area contributed by atoms with Crippen LogP contribution in [-0.2, 0) is 0 Å². The minimum absolute atomic E-state index is 0.0405. The van der Waals surface area contributed by atoms with Gasteiger partial charge in [0.15, 0.2) is 5.78 Å². The molecule has 0 bridgehead atoms. The number of carbonyl (C=O) groups excluding carboxylic acids is 2. The summed E-state index contributed by atoms with van der Waals surface area (Å²) in [5.41, 5.74) is 2.72. The maximum atomic E-state index is 12.8. The van der Waals surface area contributed by atoms with E-state index in [1.165, 1.54) is 0 Å². The molecule has 1 amide bonds. The topological polar surface area (TPSA) is 46.6 Å². The molecule has 2 heterocycles. The molecule has 0 unspecified atom stereocenters. The number of nitrogens with zero attached hydrogens (tertiary/aromatic N) is 1. The number of aryl methyl sites for hydroxylation is 2. The summed E-state index contributed by atoms with van der Waals surface area (Å²) in [5, 5.41) is 0.584. The van der Waals surface area contributed by atoms with E-state index in [1.54, 1.807) is 6.07 Å². The summed E-state index contributed by atoms with van der Waals surface area (Å²) in [6, 6.07) is 11.2. The van der Waals surface area contributed by atoms with Crippen LogP contribution in [0.15, 0.2) is 36.4 Å². The second kappa shape index (κ2) is 6.68. The maximum Gasteiger partial charge on any atom is 0.253 e. The summed E-state index contributed by atoms with van der Waals surface area (Å²) in [6.45, 7) is 5.06. The number of Topliss-reactive ketones (excluding diaryl/α,β-unsaturated/α-hetero) is 1. The van der Waals surface area contributed by atoms with Gasteiger partial charge in [-0.3, -0.25) is 9.59 Å². The van der Waals surface area contributed by atoms with Crippen LogP contribution in [0.5, 0.6) is 5.75 Å². The lowest BCUT2D eigenvalue weighted by Crippen LogP contribution is -2.52. The van der Waals surface area contributed by atoms with Crippen LogP contribution in [0, 0.1) is 13.8 Å². The highest BCUT2D eigenvalue weighted by atomic mass is 35.5. The van der Waals surface area contributed by atoms with Gasteiger partial charge in [-0.15, -0.1) is 0 Å². The summed E-state index contributed by atoms with van der Waals surface area (Å²) in [5.74, 6) is 0.724. The monoisotopic (exact) mass is 383 g/mol. The second-order valence-electron chi connectivity index (χ2n) is 7.64. The molecule has 1 fully saturated rings. The van der Waals surface area contributed by atoms with Crippen LogP contribution in [-0.4, -0.2) is 35.3 Å². The molecule has 1 saturated heterocycles. The Morgan fingerprint density at radius 3 is 2.59 bits per heavy atom. The van der Waals surface area contributed by atoms with E-state index in [0.717, 1.165) is 11.1 Å². The van der Waals surface area contributed by atoms with Gasteiger partial charge < -0.3 is 9.64 Å². The molecule has 5 heteroatoms. The number of carbonyl (C=O) groups is 2. The van der Waals surface area contributed by atoms with Crippen molar-refractivity contribution in [3.8, 4) is 5.75 Å². The first-order valence-corrected chi connectivity index (χ1v) is 9.63. The third kappa shape index (κ3) is 3.34. The van der Waals surface area contributed by atoms with Gasteiger partial charge in [-0.2, -0.15) is 0 Å². The Hall–Kier alpha value is -2.33. The molecular formula is C22H22ClNO3. The van der Waals surface area contributed by atoms with Crippen molar-refractivity contribution in [2.45, 2.75) is 38.7 Å². The highest BCUT2D eigenvalue weighted by Gasteiger charge is 2.43. The Kier molecular flexibility index (Phi) is 4.47. The molecule has 2 aliphatic heterocycles. The van der Waals surface area contributed by atoms with E-state index in [1.807, 2.05) is 49.1 Å². The first-order chi connectivity index (χ1) is 12.9. The lowest BCUT2D eigenvalue weighted by atomic mass is 9.82. The molecule has 0 aromatic heterocycles. The van der Waals surface area contributed by atoms with Crippen molar-refractivity contribution in [1.82, 2.24) is 4.90 Å². The Labute approximate surface area is 164 Å². The lowest BCUT2D eigenvalue weighted by molar-refractivity contribution is -0.00573. The maximum absolute atomic E-state index is 12.8. The van der Waals surface area contributed by atoms with E-state index in [0.29, 0.717) is 54.3 Å². The highest BCUT2D eigenvalue weighted by Crippen LogP contribution is 2.41. The van der Waals surface area contributed by atoms with Gasteiger partial charge in [0.05, 0.1) is 12.0 Å². The average Bonchev–Trinajstić information content (AvgIpc) is 2.64. The summed E-state index contributed by atoms with van der Waals surface area (Å²) in [4.78, 5) is 27.3. The molecule has 2 aliphatic rings. The average molecular weight is 384 g/mol. The summed E-state index contributed by atoms with van der Waals surface area (Å²) >= 11 is 6.16. The predicted octanol–water partition coefficient (Wildman–Crippen LogP) is 4.60. The zero-order valence-electron chi connectivity index (χ0n) is 15.5. The molecule has 2 aromatic rings. The third-order valence-corrected chi connectivity index (χ3v) is 6.00. The number of likely N-dealkylation sites (tertiary alicyclic amines) is 1. The standard InChI is InChI=1S/C22H22ClNO3/c1-14-4-3-5-16(10-14)21(26)24-8-6-22(7-9-24)13-19(25)17-12-18(23)15(2)11-20(17)27-22/h3-5,10-12H,6-9,13H2,1-2H3. The third-order valence-electron chi connectivity index (χ3n) is 5.60. The summed E-state index contributed by atoms with van der Waals surface area (Å²) in [7, 11) is 0. The Morgan fingerprint density at radius 1 is 1.15 bits per heavy atom. The van der Waals surface area contributed by atoms with Crippen molar-refractivity contribution in [3.63, 3.8) is 0 Å². The summed E-state index contributed by atoms with van der Waals surface area (Å²) in [6.07, 6.45) is 1.64. The predicted molar refractivity (Wildman–Crippen MR) is 105 cm³/mol. The van der Waals surface area contributed by atoms with Gasteiger partial charge in [0.25, 0.3) is 5.91 Å². The first kappa shape index (κ1) is 18.1. The van der Waals surface area contributed by atoms with Crippen molar-refractivity contribution < 1.29 is 14.3 Å². The molecule has 1 spiro atoms. The zero-order valence-corrected chi connectivity index (χ0v) is 16.3. The van der Waals surface area contributed by atoms with Crippen molar-refractivity contribution >= 4 is 23.3 Å². The number of rotatable bonds is 1. The van der Waals surface area contributed by atoms with Crippen LogP contribution in [0.1, 0.15) is 51.1 Å². The van der Waals surface area contributed by atoms with Gasteiger partial charge in [-0.05, 0) is 43.7 Å². The number of benzene rings is 2. The molecule has 0 aliphatic carbocycles. The molecule has 140 valence electrons. The quantitative estimate of drug-likeness (QED) is 0.723. The molecule has 4 rings (SSSR count). The lowest BCUT2D eigenvalue weighted by Gasteiger charge is -2.44. The van der Waals surface area contributed by atoms with Crippen molar-refractivity contribution in [2.75, 3.05) is 13.1 Å². The van der Waals surface area contributed by atoms with Gasteiger partial charge in [-0.25, -0.2) is 0 Å². The van der Waals surface area contributed by atoms with E-state index >= 15 is 0 Å². The smallest absolute Gasteiger partial charge is 0.253 e. The fourth-order valence-electron chi connectivity index (χ4n) is 3.97. The van der Waals surface area contributed by atoms with Crippen molar-refractivity contribution in [2.24, 2.45) is 0 Å². The second-order valence-corrected chi connectivity index (χ2v) is 8.05. The van der Waals surface area contributed by atoms with E-state index in [-0.39, 0.29) is 11.7 Å². The number of ether oxygens (including phenoxy) is 1. The molecule has 0 radical (unpaired) electrons. The normalized spacial score (nSPS) is 18.2. The molecule has 27 heavy (non-hydrogen) atoms. The largest absolute Gasteiger partial charge is 0.486 e. The molecule has 4 nitrogen and oxygen atoms in total. The van der Waals surface area contributed by atoms with Crippen LogP contribution in [0.4, 0.5) is 0 Å². The van der Waals surface area contributed by atoms with Crippen molar-refractivity contribution in [3.05, 3.63) is 63.7 Å².